The summed E-state index contributed by atoms with van der Waals surface area (Å²) in [5.74, 6) is -0.359. The Morgan fingerprint density at radius 1 is 1.53 bits per heavy atom. The molecule has 0 saturated heterocycles. The first kappa shape index (κ1) is 16.4. The molecular formula is C10H15ClN2O4S2. The van der Waals surface area contributed by atoms with Gasteiger partial charge in [0.05, 0.1) is 12.8 Å². The van der Waals surface area contributed by atoms with E-state index in [0.29, 0.717) is 12.1 Å². The third kappa shape index (κ3) is 4.13. The Morgan fingerprint density at radius 2 is 2.16 bits per heavy atom. The van der Waals surface area contributed by atoms with Crippen LogP contribution in [-0.4, -0.2) is 44.4 Å². The number of esters is 1. The average Bonchev–Trinajstić information content (AvgIpc) is 2.68. The summed E-state index contributed by atoms with van der Waals surface area (Å²) in [6, 6.07) is 0. The van der Waals surface area contributed by atoms with Crippen molar-refractivity contribution in [1.29, 1.82) is 0 Å². The van der Waals surface area contributed by atoms with Crippen molar-refractivity contribution in [3.05, 3.63) is 10.2 Å². The number of sulfonamides is 1. The maximum absolute atomic E-state index is 12.2. The lowest BCUT2D eigenvalue weighted by atomic mass is 10.3. The van der Waals surface area contributed by atoms with Gasteiger partial charge in [-0.15, -0.1) is 0 Å². The van der Waals surface area contributed by atoms with E-state index >= 15 is 0 Å². The molecule has 0 aliphatic heterocycles. The van der Waals surface area contributed by atoms with E-state index in [1.807, 2.05) is 0 Å². The van der Waals surface area contributed by atoms with Crippen LogP contribution in [0.3, 0.4) is 0 Å². The van der Waals surface area contributed by atoms with Crippen LogP contribution in [-0.2, 0) is 19.6 Å². The fourth-order valence-electron chi connectivity index (χ4n) is 1.40. The fraction of sp³-hybridized carbons (Fsp3) is 0.600. The molecule has 1 aromatic rings. The van der Waals surface area contributed by atoms with Gasteiger partial charge < -0.3 is 4.74 Å². The Balaban J connectivity index is 2.72. The third-order valence-corrected chi connectivity index (χ3v) is 6.16. The molecule has 1 heterocycles. The van der Waals surface area contributed by atoms with E-state index in [-0.39, 0.29) is 27.6 Å². The van der Waals surface area contributed by atoms with Gasteiger partial charge in [0.25, 0.3) is 10.0 Å². The molecule has 0 amide bonds. The maximum Gasteiger partial charge on any atom is 0.305 e. The molecule has 0 aliphatic rings. The molecule has 9 heteroatoms. The van der Waals surface area contributed by atoms with Crippen molar-refractivity contribution in [3.63, 3.8) is 0 Å². The van der Waals surface area contributed by atoms with Crippen molar-refractivity contribution in [1.82, 2.24) is 9.29 Å². The van der Waals surface area contributed by atoms with Crippen LogP contribution in [0.25, 0.3) is 0 Å². The van der Waals surface area contributed by atoms with Crippen molar-refractivity contribution in [3.8, 4) is 0 Å². The number of ether oxygens (including phenoxy) is 1. The zero-order valence-electron chi connectivity index (χ0n) is 10.8. The molecule has 108 valence electrons. The van der Waals surface area contributed by atoms with Crippen LogP contribution in [0.2, 0.25) is 4.47 Å². The predicted octanol–water partition coefficient (Wildman–Crippen LogP) is 1.68. The number of hydrogen-bond donors (Lipinski definition) is 0. The van der Waals surface area contributed by atoms with Crippen LogP contribution >= 0.6 is 22.9 Å². The summed E-state index contributed by atoms with van der Waals surface area (Å²) < 4.78 is 30.5. The minimum Gasteiger partial charge on any atom is -0.469 e. The van der Waals surface area contributed by atoms with Gasteiger partial charge in [-0.25, -0.2) is 17.7 Å². The average molecular weight is 327 g/mol. The lowest BCUT2D eigenvalue weighted by molar-refractivity contribution is -0.140. The van der Waals surface area contributed by atoms with Crippen LogP contribution in [0.4, 0.5) is 0 Å². The van der Waals surface area contributed by atoms with E-state index in [1.165, 1.54) is 18.5 Å². The zero-order chi connectivity index (χ0) is 14.6. The number of halogens is 1. The second-order valence-electron chi connectivity index (χ2n) is 3.85. The molecule has 1 rings (SSSR count). The number of nitrogens with zero attached hydrogens (tertiary/aromatic N) is 2. The molecule has 1 aromatic heterocycles. The highest BCUT2D eigenvalue weighted by Gasteiger charge is 2.26. The molecule has 0 saturated carbocycles. The number of rotatable bonds is 6. The van der Waals surface area contributed by atoms with Gasteiger partial charge in [0.15, 0.2) is 8.68 Å². The highest BCUT2D eigenvalue weighted by molar-refractivity contribution is 7.91. The Hall–Kier alpha value is -0.700. The molecule has 0 fully saturated rings. The third-order valence-electron chi connectivity index (χ3n) is 2.45. The lowest BCUT2D eigenvalue weighted by Crippen LogP contribution is -2.28. The molecule has 19 heavy (non-hydrogen) atoms. The van der Waals surface area contributed by atoms with Crippen LogP contribution < -0.4 is 0 Å². The summed E-state index contributed by atoms with van der Waals surface area (Å²) in [6.07, 6.45) is 0.576. The van der Waals surface area contributed by atoms with Crippen LogP contribution in [0.15, 0.2) is 4.21 Å². The van der Waals surface area contributed by atoms with Crippen LogP contribution in [0.1, 0.15) is 18.5 Å². The SMILES string of the molecule is COC(=O)CCCN(C)S(=O)(=O)c1sc(Cl)nc1C. The first-order valence-electron chi connectivity index (χ1n) is 5.45. The van der Waals surface area contributed by atoms with Gasteiger partial charge in [-0.2, -0.15) is 0 Å². The van der Waals surface area contributed by atoms with Gasteiger partial charge in [-0.05, 0) is 13.3 Å². The smallest absolute Gasteiger partial charge is 0.305 e. The second kappa shape index (κ2) is 6.65. The summed E-state index contributed by atoms with van der Waals surface area (Å²) in [4.78, 5) is 14.8. The number of aryl methyl sites for hydroxylation is 1. The summed E-state index contributed by atoms with van der Waals surface area (Å²) in [5, 5.41) is 0. The van der Waals surface area contributed by atoms with Gasteiger partial charge in [0, 0.05) is 20.0 Å². The van der Waals surface area contributed by atoms with Crippen molar-refractivity contribution in [2.24, 2.45) is 0 Å². The van der Waals surface area contributed by atoms with Crippen LogP contribution in [0, 0.1) is 6.92 Å². The molecule has 6 nitrogen and oxygen atoms in total. The number of hydrogen-bond acceptors (Lipinski definition) is 6. The summed E-state index contributed by atoms with van der Waals surface area (Å²) in [6.45, 7) is 1.82. The summed E-state index contributed by atoms with van der Waals surface area (Å²) in [5.41, 5.74) is 0.384. The summed E-state index contributed by atoms with van der Waals surface area (Å²) >= 11 is 6.63. The van der Waals surface area contributed by atoms with Crippen molar-refractivity contribution >= 4 is 38.9 Å². The number of aromatic nitrogens is 1. The molecule has 0 aromatic carbocycles. The van der Waals surface area contributed by atoms with E-state index < -0.39 is 10.0 Å². The highest BCUT2D eigenvalue weighted by Crippen LogP contribution is 2.28. The predicted molar refractivity (Wildman–Crippen MR) is 72.9 cm³/mol. The van der Waals surface area contributed by atoms with Crippen molar-refractivity contribution in [2.75, 3.05) is 20.7 Å². The Bertz CT molecular complexity index is 556. The minimum atomic E-state index is -3.60. The monoisotopic (exact) mass is 326 g/mol. The molecule has 0 aliphatic carbocycles. The van der Waals surface area contributed by atoms with Crippen LogP contribution in [0.5, 0.6) is 0 Å². The molecular weight excluding hydrogens is 312 g/mol. The molecule has 0 atom stereocenters. The molecule has 0 N–H and O–H groups in total. The zero-order valence-corrected chi connectivity index (χ0v) is 13.2. The first-order valence-corrected chi connectivity index (χ1v) is 8.08. The topological polar surface area (TPSA) is 76.6 Å². The first-order chi connectivity index (χ1) is 8.78. The summed E-state index contributed by atoms with van der Waals surface area (Å²) in [7, 11) is -0.846. The number of thiazole rings is 1. The number of carbonyl (C=O) groups is 1. The number of methoxy groups -OCH3 is 1. The standard InChI is InChI=1S/C10H15ClN2O4S2/c1-7-9(18-10(11)12-7)19(15,16)13(2)6-4-5-8(14)17-3/h4-6H2,1-3H3. The number of carbonyl (C=O) groups excluding carboxylic acids is 1. The molecule has 0 unspecified atom stereocenters. The molecule has 0 radical (unpaired) electrons. The highest BCUT2D eigenvalue weighted by atomic mass is 35.5. The van der Waals surface area contributed by atoms with E-state index in [2.05, 4.69) is 9.72 Å². The molecule has 0 spiro atoms. The minimum absolute atomic E-state index is 0.137. The van der Waals surface area contributed by atoms with E-state index in [4.69, 9.17) is 11.6 Å². The van der Waals surface area contributed by atoms with Gasteiger partial charge in [-0.1, -0.05) is 22.9 Å². The van der Waals surface area contributed by atoms with Gasteiger partial charge >= 0.3 is 5.97 Å². The second-order valence-corrected chi connectivity index (χ2v) is 7.67. The quantitative estimate of drug-likeness (QED) is 0.743. The largest absolute Gasteiger partial charge is 0.469 e. The Labute approximate surface area is 121 Å². The molecule has 0 bridgehead atoms. The Kier molecular flexibility index (Phi) is 5.72. The van der Waals surface area contributed by atoms with E-state index in [0.717, 1.165) is 11.3 Å². The van der Waals surface area contributed by atoms with Gasteiger partial charge in [-0.3, -0.25) is 4.79 Å². The van der Waals surface area contributed by atoms with E-state index in [1.54, 1.807) is 6.92 Å². The van der Waals surface area contributed by atoms with E-state index in [9.17, 15) is 13.2 Å². The van der Waals surface area contributed by atoms with Crippen molar-refractivity contribution < 1.29 is 17.9 Å². The maximum atomic E-state index is 12.2. The lowest BCUT2D eigenvalue weighted by Gasteiger charge is -2.15. The van der Waals surface area contributed by atoms with Gasteiger partial charge in [0.2, 0.25) is 0 Å². The Morgan fingerprint density at radius 3 is 2.63 bits per heavy atom. The fourth-order valence-corrected chi connectivity index (χ4v) is 4.54. The van der Waals surface area contributed by atoms with Crippen molar-refractivity contribution in [2.45, 2.75) is 24.0 Å². The van der Waals surface area contributed by atoms with Gasteiger partial charge in [0.1, 0.15) is 0 Å². The normalized spacial score (nSPS) is 11.8.